The van der Waals surface area contributed by atoms with Crippen molar-refractivity contribution in [3.63, 3.8) is 0 Å². The van der Waals surface area contributed by atoms with Crippen molar-refractivity contribution < 1.29 is 18.7 Å². The lowest BCUT2D eigenvalue weighted by Crippen LogP contribution is -2.44. The van der Waals surface area contributed by atoms with Gasteiger partial charge in [0, 0.05) is 19.6 Å². The van der Waals surface area contributed by atoms with Gasteiger partial charge in [0.05, 0.1) is 19.3 Å². The first-order valence-electron chi connectivity index (χ1n) is 7.89. The van der Waals surface area contributed by atoms with Crippen molar-refractivity contribution in [1.29, 1.82) is 0 Å². The van der Waals surface area contributed by atoms with Gasteiger partial charge >= 0.3 is 6.09 Å². The van der Waals surface area contributed by atoms with E-state index in [1.807, 2.05) is 26.8 Å². The molecule has 128 valence electrons. The largest absolute Gasteiger partial charge is 0.444 e. The van der Waals surface area contributed by atoms with Crippen LogP contribution in [0.4, 0.5) is 9.18 Å². The summed E-state index contributed by atoms with van der Waals surface area (Å²) in [5.41, 5.74) is 0.292. The number of amides is 1. The molecule has 0 aromatic heterocycles. The molecule has 1 unspecified atom stereocenters. The third-order valence-electron chi connectivity index (χ3n) is 3.56. The van der Waals surface area contributed by atoms with Gasteiger partial charge in [0.1, 0.15) is 11.4 Å². The van der Waals surface area contributed by atoms with Crippen LogP contribution in [0.15, 0.2) is 24.3 Å². The average Bonchev–Trinajstić information content (AvgIpc) is 2.47. The minimum absolute atomic E-state index is 0.109. The fraction of sp³-hybridized carbons (Fsp3) is 0.588. The van der Waals surface area contributed by atoms with Crippen LogP contribution in [0.5, 0.6) is 0 Å². The van der Waals surface area contributed by atoms with Gasteiger partial charge in [-0.15, -0.1) is 0 Å². The van der Waals surface area contributed by atoms with Crippen LogP contribution in [0.2, 0.25) is 0 Å². The Morgan fingerprint density at radius 2 is 2.09 bits per heavy atom. The van der Waals surface area contributed by atoms with E-state index in [0.29, 0.717) is 19.8 Å². The summed E-state index contributed by atoms with van der Waals surface area (Å²) in [4.78, 5) is 14.1. The molecule has 0 radical (unpaired) electrons. The first kappa shape index (κ1) is 17.7. The number of morpholine rings is 1. The molecule has 1 atom stereocenters. The predicted octanol–water partition coefficient (Wildman–Crippen LogP) is 2.72. The van der Waals surface area contributed by atoms with Crippen LogP contribution in [0.3, 0.4) is 0 Å². The van der Waals surface area contributed by atoms with Gasteiger partial charge in [-0.2, -0.15) is 0 Å². The summed E-state index contributed by atoms with van der Waals surface area (Å²) in [6, 6.07) is 6.38. The van der Waals surface area contributed by atoms with Gasteiger partial charge in [-0.1, -0.05) is 12.1 Å². The van der Waals surface area contributed by atoms with Crippen molar-refractivity contribution >= 4 is 6.09 Å². The summed E-state index contributed by atoms with van der Waals surface area (Å²) >= 11 is 0. The Hall–Kier alpha value is -1.66. The number of hydrogen-bond donors (Lipinski definition) is 1. The molecule has 2 rings (SSSR count). The van der Waals surface area contributed by atoms with E-state index in [1.165, 1.54) is 12.1 Å². The Morgan fingerprint density at radius 1 is 1.39 bits per heavy atom. The number of halogens is 1. The number of carbonyl (C=O) groups excluding carboxylic acids is 1. The number of ether oxygens (including phenoxy) is 2. The summed E-state index contributed by atoms with van der Waals surface area (Å²) in [5.74, 6) is -0.280. The maximum atomic E-state index is 13.6. The molecule has 1 aliphatic heterocycles. The number of nitrogens with one attached hydrogen (secondary N) is 1. The van der Waals surface area contributed by atoms with Crippen LogP contribution in [-0.2, 0) is 9.47 Å². The first-order valence-corrected chi connectivity index (χ1v) is 7.89. The second-order valence-electron chi connectivity index (χ2n) is 6.60. The Morgan fingerprint density at radius 3 is 2.70 bits per heavy atom. The third-order valence-corrected chi connectivity index (χ3v) is 3.56. The minimum atomic E-state index is -0.544. The zero-order valence-electron chi connectivity index (χ0n) is 14.0. The molecular weight excluding hydrogens is 299 g/mol. The molecule has 0 aliphatic carbocycles. The highest BCUT2D eigenvalue weighted by atomic mass is 19.1. The maximum absolute atomic E-state index is 13.6. The SMILES string of the molecule is CC(C)(C)OC(=O)NCC(c1cccc(F)c1)N1CCOCC1. The smallest absolute Gasteiger partial charge is 0.407 e. The molecule has 1 heterocycles. The van der Waals surface area contributed by atoms with Gasteiger partial charge in [0.2, 0.25) is 0 Å². The van der Waals surface area contributed by atoms with Crippen molar-refractivity contribution in [3.05, 3.63) is 35.6 Å². The fourth-order valence-corrected chi connectivity index (χ4v) is 2.55. The zero-order valence-corrected chi connectivity index (χ0v) is 14.0. The highest BCUT2D eigenvalue weighted by Crippen LogP contribution is 2.22. The van der Waals surface area contributed by atoms with Gasteiger partial charge < -0.3 is 14.8 Å². The first-order chi connectivity index (χ1) is 10.8. The standard InChI is InChI=1S/C17H25FN2O3/c1-17(2,3)23-16(21)19-12-15(20-7-9-22-10-8-20)13-5-4-6-14(18)11-13/h4-6,11,15H,7-10,12H2,1-3H3,(H,19,21). The van der Waals surface area contributed by atoms with Crippen LogP contribution in [0.25, 0.3) is 0 Å². The molecule has 0 spiro atoms. The van der Waals surface area contributed by atoms with E-state index in [2.05, 4.69) is 10.2 Å². The minimum Gasteiger partial charge on any atom is -0.444 e. The lowest BCUT2D eigenvalue weighted by Gasteiger charge is -2.35. The maximum Gasteiger partial charge on any atom is 0.407 e. The summed E-state index contributed by atoms with van der Waals surface area (Å²) in [6.07, 6.45) is -0.466. The van der Waals surface area contributed by atoms with Crippen LogP contribution in [-0.4, -0.2) is 49.4 Å². The molecule has 1 fully saturated rings. The molecule has 23 heavy (non-hydrogen) atoms. The lowest BCUT2D eigenvalue weighted by molar-refractivity contribution is 0.0140. The van der Waals surface area contributed by atoms with Gasteiger partial charge in [-0.25, -0.2) is 9.18 Å². The molecule has 5 nitrogen and oxygen atoms in total. The normalized spacial score (nSPS) is 17.6. The topological polar surface area (TPSA) is 50.8 Å². The summed E-state index contributed by atoms with van der Waals surface area (Å²) in [6.45, 7) is 8.58. The Bertz CT molecular complexity index is 525. The molecule has 1 amide bonds. The molecule has 1 saturated heterocycles. The number of hydrogen-bond acceptors (Lipinski definition) is 4. The van der Waals surface area contributed by atoms with Crippen molar-refractivity contribution in [2.75, 3.05) is 32.8 Å². The number of benzene rings is 1. The van der Waals surface area contributed by atoms with E-state index in [9.17, 15) is 9.18 Å². The summed E-state index contributed by atoms with van der Waals surface area (Å²) in [5, 5.41) is 2.79. The van der Waals surface area contributed by atoms with Gasteiger partial charge in [-0.05, 0) is 38.5 Å². The second-order valence-corrected chi connectivity index (χ2v) is 6.60. The molecular formula is C17H25FN2O3. The number of alkyl carbamates (subject to hydrolysis) is 1. The zero-order chi connectivity index (χ0) is 16.9. The highest BCUT2D eigenvalue weighted by Gasteiger charge is 2.24. The van der Waals surface area contributed by atoms with E-state index < -0.39 is 11.7 Å². The van der Waals surface area contributed by atoms with Crippen LogP contribution in [0.1, 0.15) is 32.4 Å². The van der Waals surface area contributed by atoms with E-state index in [0.717, 1.165) is 18.7 Å². The fourth-order valence-electron chi connectivity index (χ4n) is 2.55. The number of nitrogens with zero attached hydrogens (tertiary/aromatic N) is 1. The van der Waals surface area contributed by atoms with Crippen LogP contribution >= 0.6 is 0 Å². The van der Waals surface area contributed by atoms with Crippen molar-refractivity contribution in [3.8, 4) is 0 Å². The quantitative estimate of drug-likeness (QED) is 0.925. The molecule has 6 heteroatoms. The van der Waals surface area contributed by atoms with E-state index >= 15 is 0 Å². The number of rotatable bonds is 4. The number of carbonyl (C=O) groups is 1. The summed E-state index contributed by atoms with van der Waals surface area (Å²) in [7, 11) is 0. The third kappa shape index (κ3) is 5.80. The Kier molecular flexibility index (Phi) is 5.96. The predicted molar refractivity (Wildman–Crippen MR) is 85.8 cm³/mol. The molecule has 0 bridgehead atoms. The van der Waals surface area contributed by atoms with E-state index in [1.54, 1.807) is 6.07 Å². The molecule has 1 aliphatic rings. The Balaban J connectivity index is 2.06. The van der Waals surface area contributed by atoms with Crippen molar-refractivity contribution in [2.24, 2.45) is 0 Å². The lowest BCUT2D eigenvalue weighted by atomic mass is 10.0. The molecule has 0 saturated carbocycles. The van der Waals surface area contributed by atoms with Gasteiger partial charge in [0.25, 0.3) is 0 Å². The van der Waals surface area contributed by atoms with E-state index in [-0.39, 0.29) is 11.9 Å². The van der Waals surface area contributed by atoms with Crippen molar-refractivity contribution in [1.82, 2.24) is 10.2 Å². The van der Waals surface area contributed by atoms with Crippen LogP contribution in [0, 0.1) is 5.82 Å². The highest BCUT2D eigenvalue weighted by molar-refractivity contribution is 5.67. The van der Waals surface area contributed by atoms with Crippen LogP contribution < -0.4 is 5.32 Å². The monoisotopic (exact) mass is 324 g/mol. The van der Waals surface area contributed by atoms with Gasteiger partial charge in [0.15, 0.2) is 0 Å². The summed E-state index contributed by atoms with van der Waals surface area (Å²) < 4.78 is 24.2. The van der Waals surface area contributed by atoms with Crippen molar-refractivity contribution in [2.45, 2.75) is 32.4 Å². The molecule has 1 aromatic carbocycles. The van der Waals surface area contributed by atoms with E-state index in [4.69, 9.17) is 9.47 Å². The Labute approximate surface area is 136 Å². The van der Waals surface area contributed by atoms with Gasteiger partial charge in [-0.3, -0.25) is 4.90 Å². The molecule has 1 N–H and O–H groups in total. The average molecular weight is 324 g/mol. The molecule has 1 aromatic rings. The second kappa shape index (κ2) is 7.75.